The second kappa shape index (κ2) is 7.03. The summed E-state index contributed by atoms with van der Waals surface area (Å²) in [5, 5.41) is 1.90. The summed E-state index contributed by atoms with van der Waals surface area (Å²) in [7, 11) is 0. The molecule has 126 valence electrons. The molecular formula is C17H19ClN4OS. The van der Waals surface area contributed by atoms with Crippen molar-refractivity contribution in [1.82, 2.24) is 14.9 Å². The van der Waals surface area contributed by atoms with Crippen molar-refractivity contribution in [2.45, 2.75) is 18.5 Å². The van der Waals surface area contributed by atoms with Crippen LogP contribution >= 0.6 is 23.7 Å². The molecule has 1 aromatic carbocycles. The predicted octanol–water partition coefficient (Wildman–Crippen LogP) is 2.33. The first-order valence-electron chi connectivity index (χ1n) is 7.70. The number of aromatic amines is 1. The Morgan fingerprint density at radius 3 is 2.83 bits per heavy atom. The van der Waals surface area contributed by atoms with E-state index in [0.717, 1.165) is 18.6 Å². The summed E-state index contributed by atoms with van der Waals surface area (Å²) < 4.78 is 0.689. The number of nitrogens with zero attached hydrogens (tertiary/aromatic N) is 2. The fourth-order valence-electron chi connectivity index (χ4n) is 3.30. The van der Waals surface area contributed by atoms with Crippen molar-refractivity contribution < 1.29 is 0 Å². The molecule has 0 bridgehead atoms. The number of nitrogens with one attached hydrogen (secondary N) is 1. The Balaban J connectivity index is 0.00000169. The van der Waals surface area contributed by atoms with Crippen LogP contribution in [-0.2, 0) is 6.54 Å². The summed E-state index contributed by atoms with van der Waals surface area (Å²) in [6.45, 7) is 2.32. The van der Waals surface area contributed by atoms with E-state index in [4.69, 9.17) is 5.73 Å². The van der Waals surface area contributed by atoms with E-state index in [1.54, 1.807) is 0 Å². The highest BCUT2D eigenvalue weighted by molar-refractivity contribution is 7.17. The number of nitrogens with two attached hydrogens (primary N) is 1. The minimum atomic E-state index is -0.0527. The molecule has 3 N–H and O–H groups in total. The van der Waals surface area contributed by atoms with Gasteiger partial charge in [0.2, 0.25) is 0 Å². The number of fused-ring (bicyclic) bond motifs is 1. The van der Waals surface area contributed by atoms with Gasteiger partial charge in [-0.2, -0.15) is 0 Å². The molecular weight excluding hydrogens is 344 g/mol. The van der Waals surface area contributed by atoms with Crippen LogP contribution in [0.1, 0.15) is 17.3 Å². The van der Waals surface area contributed by atoms with Gasteiger partial charge in [0.05, 0.1) is 12.1 Å². The molecule has 24 heavy (non-hydrogen) atoms. The Morgan fingerprint density at radius 1 is 1.25 bits per heavy atom. The van der Waals surface area contributed by atoms with E-state index in [1.165, 1.54) is 16.9 Å². The summed E-state index contributed by atoms with van der Waals surface area (Å²) in [6.07, 6.45) is 0. The number of likely N-dealkylation sites (tertiary alicyclic amines) is 1. The zero-order chi connectivity index (χ0) is 15.8. The zero-order valence-electron chi connectivity index (χ0n) is 13.0. The number of thiophene rings is 1. The molecule has 1 aliphatic rings. The van der Waals surface area contributed by atoms with Crippen molar-refractivity contribution >= 4 is 34.0 Å². The fourth-order valence-corrected chi connectivity index (χ4v) is 4.03. The minimum Gasteiger partial charge on any atom is -0.326 e. The van der Waals surface area contributed by atoms with Gasteiger partial charge >= 0.3 is 0 Å². The number of hydrogen-bond acceptors (Lipinski definition) is 5. The van der Waals surface area contributed by atoms with Gasteiger partial charge in [-0.3, -0.25) is 9.69 Å². The van der Waals surface area contributed by atoms with Crippen molar-refractivity contribution in [3.05, 3.63) is 63.5 Å². The average molecular weight is 363 g/mol. The largest absolute Gasteiger partial charge is 0.326 e. The molecule has 0 saturated carbocycles. The van der Waals surface area contributed by atoms with Gasteiger partial charge in [0.15, 0.2) is 0 Å². The van der Waals surface area contributed by atoms with Gasteiger partial charge in [-0.1, -0.05) is 30.3 Å². The number of aromatic nitrogens is 2. The second-order valence-corrected chi connectivity index (χ2v) is 6.94. The van der Waals surface area contributed by atoms with Crippen LogP contribution in [-0.4, -0.2) is 34.0 Å². The molecule has 1 fully saturated rings. The Bertz CT molecular complexity index is 879. The van der Waals surface area contributed by atoms with E-state index in [2.05, 4.69) is 27.0 Å². The summed E-state index contributed by atoms with van der Waals surface area (Å²) in [6, 6.07) is 12.4. The monoisotopic (exact) mass is 362 g/mol. The first kappa shape index (κ1) is 17.1. The van der Waals surface area contributed by atoms with Gasteiger partial charge in [-0.15, -0.1) is 23.7 Å². The fraction of sp³-hybridized carbons (Fsp3) is 0.294. The molecule has 1 saturated heterocycles. The lowest BCUT2D eigenvalue weighted by atomic mass is 9.95. The van der Waals surface area contributed by atoms with Crippen LogP contribution in [0, 0.1) is 0 Å². The third-order valence-electron chi connectivity index (χ3n) is 4.41. The van der Waals surface area contributed by atoms with Gasteiger partial charge in [0.25, 0.3) is 5.56 Å². The summed E-state index contributed by atoms with van der Waals surface area (Å²) >= 11 is 1.42. The molecule has 1 aliphatic heterocycles. The molecule has 0 aliphatic carbocycles. The molecule has 4 rings (SSSR count). The van der Waals surface area contributed by atoms with E-state index >= 15 is 0 Å². The van der Waals surface area contributed by atoms with Crippen molar-refractivity contribution in [1.29, 1.82) is 0 Å². The van der Waals surface area contributed by atoms with Crippen LogP contribution in [0.25, 0.3) is 10.2 Å². The van der Waals surface area contributed by atoms with Crippen LogP contribution in [0.15, 0.2) is 46.6 Å². The quantitative estimate of drug-likeness (QED) is 0.749. The van der Waals surface area contributed by atoms with Gasteiger partial charge in [-0.25, -0.2) is 4.98 Å². The lowest BCUT2D eigenvalue weighted by molar-refractivity contribution is 0.315. The Hall–Kier alpha value is -1.73. The van der Waals surface area contributed by atoms with E-state index in [0.29, 0.717) is 23.0 Å². The van der Waals surface area contributed by atoms with Crippen LogP contribution in [0.3, 0.4) is 0 Å². The third-order valence-corrected chi connectivity index (χ3v) is 5.31. The molecule has 3 heterocycles. The summed E-state index contributed by atoms with van der Waals surface area (Å²) in [5.41, 5.74) is 8.32. The molecule has 3 aromatic rings. The highest BCUT2D eigenvalue weighted by atomic mass is 35.5. The Morgan fingerprint density at radius 2 is 2.04 bits per heavy atom. The Kier molecular flexibility index (Phi) is 5.01. The number of rotatable bonds is 3. The van der Waals surface area contributed by atoms with E-state index in [-0.39, 0.29) is 24.0 Å². The Labute approximate surface area is 149 Å². The maximum absolute atomic E-state index is 12.1. The lowest BCUT2D eigenvalue weighted by Gasteiger charge is -2.15. The zero-order valence-corrected chi connectivity index (χ0v) is 14.6. The van der Waals surface area contributed by atoms with Crippen LogP contribution in [0.5, 0.6) is 0 Å². The topological polar surface area (TPSA) is 75.0 Å². The van der Waals surface area contributed by atoms with Gasteiger partial charge < -0.3 is 10.7 Å². The standard InChI is InChI=1S/C17H18N4OS.ClH/c18-13-9-21(8-12(13)11-4-2-1-3-5-11)10-15-19-14-6-7-23-16(14)17(22)20-15;/h1-7,12-13H,8-10,18H2,(H,19,20,22);1H/t12-,13+;/m0./s1. The van der Waals surface area contributed by atoms with Crippen LogP contribution < -0.4 is 11.3 Å². The maximum Gasteiger partial charge on any atom is 0.268 e. The SMILES string of the molecule is Cl.N[C@@H]1CN(Cc2nc3ccsc3c(=O)[nH]2)C[C@H]1c1ccccc1. The molecule has 0 radical (unpaired) electrons. The van der Waals surface area contributed by atoms with Crippen LogP contribution in [0.2, 0.25) is 0 Å². The normalized spacial score (nSPS) is 21.0. The summed E-state index contributed by atoms with van der Waals surface area (Å²) in [5.74, 6) is 1.04. The van der Waals surface area contributed by atoms with Crippen molar-refractivity contribution in [2.75, 3.05) is 13.1 Å². The van der Waals surface area contributed by atoms with Crippen molar-refractivity contribution in [3.63, 3.8) is 0 Å². The van der Waals surface area contributed by atoms with Crippen molar-refractivity contribution in [2.24, 2.45) is 5.73 Å². The molecule has 0 unspecified atom stereocenters. The first-order chi connectivity index (χ1) is 11.2. The maximum atomic E-state index is 12.1. The molecule has 2 aromatic heterocycles. The highest BCUT2D eigenvalue weighted by Gasteiger charge is 2.31. The highest BCUT2D eigenvalue weighted by Crippen LogP contribution is 2.27. The van der Waals surface area contributed by atoms with Crippen molar-refractivity contribution in [3.8, 4) is 0 Å². The number of benzene rings is 1. The minimum absolute atomic E-state index is 0. The second-order valence-electron chi connectivity index (χ2n) is 6.02. The molecule has 0 spiro atoms. The van der Waals surface area contributed by atoms with E-state index < -0.39 is 0 Å². The molecule has 0 amide bonds. The molecule has 2 atom stereocenters. The lowest BCUT2D eigenvalue weighted by Crippen LogP contribution is -2.29. The van der Waals surface area contributed by atoms with Crippen LogP contribution in [0.4, 0.5) is 0 Å². The van der Waals surface area contributed by atoms with E-state index in [9.17, 15) is 4.79 Å². The predicted molar refractivity (Wildman–Crippen MR) is 99.9 cm³/mol. The third kappa shape index (κ3) is 3.23. The molecule has 5 nitrogen and oxygen atoms in total. The summed E-state index contributed by atoms with van der Waals surface area (Å²) in [4.78, 5) is 21.8. The van der Waals surface area contributed by atoms with Gasteiger partial charge in [-0.05, 0) is 17.0 Å². The van der Waals surface area contributed by atoms with Gasteiger partial charge in [0, 0.05) is 25.0 Å². The average Bonchev–Trinajstić information content (AvgIpc) is 3.15. The number of halogens is 1. The van der Waals surface area contributed by atoms with Gasteiger partial charge in [0.1, 0.15) is 10.5 Å². The van der Waals surface area contributed by atoms with E-state index in [1.807, 2.05) is 29.6 Å². The number of hydrogen-bond donors (Lipinski definition) is 2. The number of H-pyrrole nitrogens is 1. The molecule has 7 heteroatoms. The smallest absolute Gasteiger partial charge is 0.268 e. The first-order valence-corrected chi connectivity index (χ1v) is 8.58.